The average Bonchev–Trinajstić information content (AvgIpc) is 3.34. The number of ketones is 1. The van der Waals surface area contributed by atoms with E-state index in [9.17, 15) is 23.2 Å². The molecular weight excluding hydrogens is 394 g/mol. The lowest BCUT2D eigenvalue weighted by Crippen LogP contribution is -2.35. The van der Waals surface area contributed by atoms with Crippen LogP contribution in [0.15, 0.2) is 47.8 Å². The number of hydrogen-bond donors (Lipinski definition) is 2. The van der Waals surface area contributed by atoms with Crippen molar-refractivity contribution in [3.05, 3.63) is 74.1 Å². The van der Waals surface area contributed by atoms with E-state index >= 15 is 0 Å². The number of anilines is 1. The predicted octanol–water partition coefficient (Wildman–Crippen LogP) is 3.57. The second-order valence-corrected chi connectivity index (χ2v) is 7.45. The van der Waals surface area contributed by atoms with Crippen LogP contribution < -0.4 is 10.6 Å². The Hall–Kier alpha value is -2.91. The van der Waals surface area contributed by atoms with E-state index in [0.717, 1.165) is 18.2 Å². The Morgan fingerprint density at radius 1 is 0.963 bits per heavy atom. The van der Waals surface area contributed by atoms with Gasteiger partial charge in [0.1, 0.15) is 11.6 Å². The molecule has 0 radical (unpaired) electrons. The molecule has 3 aromatic rings. The van der Waals surface area contributed by atoms with Crippen LogP contribution in [0.5, 0.6) is 0 Å². The minimum Gasteiger partial charge on any atom is -0.343 e. The number of carbonyl (C=O) groups is 3. The highest BCUT2D eigenvalue weighted by molar-refractivity contribution is 7.16. The zero-order valence-corrected chi connectivity index (χ0v) is 15.3. The molecule has 9 heteroatoms. The van der Waals surface area contributed by atoms with Gasteiger partial charge in [0, 0.05) is 10.9 Å². The third-order valence-electron chi connectivity index (χ3n) is 3.44. The summed E-state index contributed by atoms with van der Waals surface area (Å²) in [4.78, 5) is 37.7. The number of nitrogens with one attached hydrogen (secondary N) is 2. The third-order valence-corrected chi connectivity index (χ3v) is 5.39. The van der Waals surface area contributed by atoms with Crippen LogP contribution in [0.25, 0.3) is 0 Å². The van der Waals surface area contributed by atoms with Gasteiger partial charge in [-0.25, -0.2) is 8.78 Å². The molecule has 2 aromatic heterocycles. The number of benzene rings is 1. The molecule has 0 aliphatic heterocycles. The lowest BCUT2D eigenvalue weighted by Gasteiger charge is -2.06. The summed E-state index contributed by atoms with van der Waals surface area (Å²) in [6.45, 7) is 0.0280. The van der Waals surface area contributed by atoms with Crippen molar-refractivity contribution in [1.29, 1.82) is 0 Å². The number of rotatable bonds is 5. The Morgan fingerprint density at radius 3 is 2.52 bits per heavy atom. The van der Waals surface area contributed by atoms with Gasteiger partial charge in [0.15, 0.2) is 0 Å². The second-order valence-electron chi connectivity index (χ2n) is 5.33. The molecule has 0 fully saturated rings. The van der Waals surface area contributed by atoms with Crippen LogP contribution in [0.1, 0.15) is 19.4 Å². The Morgan fingerprint density at radius 2 is 1.78 bits per heavy atom. The highest BCUT2D eigenvalue weighted by Crippen LogP contribution is 2.22. The molecular formula is C18H12F2N2O3S2. The number of thiophene rings is 2. The van der Waals surface area contributed by atoms with Crippen molar-refractivity contribution in [2.45, 2.75) is 6.54 Å². The maximum Gasteiger partial charge on any atom is 0.313 e. The highest BCUT2D eigenvalue weighted by atomic mass is 32.1. The molecule has 27 heavy (non-hydrogen) atoms. The zero-order chi connectivity index (χ0) is 19.4. The van der Waals surface area contributed by atoms with Gasteiger partial charge in [0.25, 0.3) is 0 Å². The SMILES string of the molecule is O=C(NCc1ccc(C(=O)c2cccs2)s1)C(=O)Nc1cc(F)ccc1F. The van der Waals surface area contributed by atoms with Crippen molar-refractivity contribution in [2.24, 2.45) is 0 Å². The molecule has 2 N–H and O–H groups in total. The molecule has 2 amide bonds. The van der Waals surface area contributed by atoms with Gasteiger partial charge in [-0.3, -0.25) is 14.4 Å². The van der Waals surface area contributed by atoms with E-state index in [0.29, 0.717) is 14.6 Å². The number of halogens is 2. The van der Waals surface area contributed by atoms with Crippen LogP contribution in [-0.2, 0) is 16.1 Å². The zero-order valence-electron chi connectivity index (χ0n) is 13.6. The Bertz CT molecular complexity index is 1000. The van der Waals surface area contributed by atoms with Crippen molar-refractivity contribution >= 4 is 46.0 Å². The van der Waals surface area contributed by atoms with Gasteiger partial charge in [-0.2, -0.15) is 0 Å². The summed E-state index contributed by atoms with van der Waals surface area (Å²) in [6.07, 6.45) is 0. The van der Waals surface area contributed by atoms with Gasteiger partial charge in [0.2, 0.25) is 5.78 Å². The fraction of sp³-hybridized carbons (Fsp3) is 0.0556. The Kier molecular flexibility index (Phi) is 5.72. The first-order valence-corrected chi connectivity index (χ1v) is 9.35. The van der Waals surface area contributed by atoms with Crippen molar-refractivity contribution in [3.63, 3.8) is 0 Å². The first-order valence-electron chi connectivity index (χ1n) is 7.65. The van der Waals surface area contributed by atoms with Crippen molar-refractivity contribution in [3.8, 4) is 0 Å². The third kappa shape index (κ3) is 4.63. The smallest absolute Gasteiger partial charge is 0.313 e. The minimum absolute atomic E-state index is 0.0280. The van der Waals surface area contributed by atoms with Crippen molar-refractivity contribution < 1.29 is 23.2 Å². The number of carbonyl (C=O) groups excluding carboxylic acids is 3. The van der Waals surface area contributed by atoms with Gasteiger partial charge >= 0.3 is 11.8 Å². The molecule has 0 bridgehead atoms. The van der Waals surface area contributed by atoms with Crippen molar-refractivity contribution in [2.75, 3.05) is 5.32 Å². The number of hydrogen-bond acceptors (Lipinski definition) is 5. The average molecular weight is 406 g/mol. The summed E-state index contributed by atoms with van der Waals surface area (Å²) < 4.78 is 26.6. The van der Waals surface area contributed by atoms with E-state index in [1.165, 1.54) is 22.7 Å². The summed E-state index contributed by atoms with van der Waals surface area (Å²) >= 11 is 2.54. The topological polar surface area (TPSA) is 75.3 Å². The summed E-state index contributed by atoms with van der Waals surface area (Å²) in [6, 6.07) is 9.36. The molecule has 0 atom stereocenters. The molecule has 5 nitrogen and oxygen atoms in total. The summed E-state index contributed by atoms with van der Waals surface area (Å²) in [7, 11) is 0. The first kappa shape index (κ1) is 18.9. The van der Waals surface area contributed by atoms with Crippen LogP contribution in [0, 0.1) is 11.6 Å². The van der Waals surface area contributed by atoms with Gasteiger partial charge in [-0.15, -0.1) is 22.7 Å². The maximum atomic E-state index is 13.5. The van der Waals surface area contributed by atoms with E-state index in [4.69, 9.17) is 0 Å². The van der Waals surface area contributed by atoms with E-state index < -0.39 is 29.1 Å². The Balaban J connectivity index is 1.57. The lowest BCUT2D eigenvalue weighted by molar-refractivity contribution is -0.136. The van der Waals surface area contributed by atoms with Gasteiger partial charge in [-0.05, 0) is 35.7 Å². The van der Waals surface area contributed by atoms with Crippen LogP contribution in [0.3, 0.4) is 0 Å². The Labute approximate surface area is 160 Å². The van der Waals surface area contributed by atoms with Gasteiger partial charge < -0.3 is 10.6 Å². The fourth-order valence-corrected chi connectivity index (χ4v) is 3.79. The van der Waals surface area contributed by atoms with Gasteiger partial charge in [-0.1, -0.05) is 6.07 Å². The fourth-order valence-electron chi connectivity index (χ4n) is 2.14. The van der Waals surface area contributed by atoms with Crippen LogP contribution in [0.2, 0.25) is 0 Å². The van der Waals surface area contributed by atoms with Crippen LogP contribution >= 0.6 is 22.7 Å². The lowest BCUT2D eigenvalue weighted by atomic mass is 10.3. The molecule has 1 aromatic carbocycles. The molecule has 138 valence electrons. The minimum atomic E-state index is -1.12. The van der Waals surface area contributed by atoms with E-state index in [-0.39, 0.29) is 12.3 Å². The standard InChI is InChI=1S/C18H12F2N2O3S2/c19-10-3-5-12(20)13(8-10)22-18(25)17(24)21-9-11-4-6-15(27-11)16(23)14-2-1-7-26-14/h1-8H,9H2,(H,21,24)(H,22,25). The number of amides is 2. The molecule has 3 rings (SSSR count). The van der Waals surface area contributed by atoms with Crippen molar-refractivity contribution in [1.82, 2.24) is 5.32 Å². The molecule has 2 heterocycles. The van der Waals surface area contributed by atoms with E-state index in [2.05, 4.69) is 5.32 Å². The summed E-state index contributed by atoms with van der Waals surface area (Å²) in [5, 5.41) is 6.20. The van der Waals surface area contributed by atoms with E-state index in [1.807, 2.05) is 10.7 Å². The molecule has 0 unspecified atom stereocenters. The first-order chi connectivity index (χ1) is 12.9. The van der Waals surface area contributed by atoms with Crippen LogP contribution in [0.4, 0.5) is 14.5 Å². The normalized spacial score (nSPS) is 10.4. The highest BCUT2D eigenvalue weighted by Gasteiger charge is 2.17. The summed E-state index contributed by atoms with van der Waals surface area (Å²) in [5.74, 6) is -3.82. The largest absolute Gasteiger partial charge is 0.343 e. The van der Waals surface area contributed by atoms with E-state index in [1.54, 1.807) is 24.3 Å². The molecule has 0 aliphatic carbocycles. The van der Waals surface area contributed by atoms with Gasteiger partial charge in [0.05, 0.1) is 22.0 Å². The van der Waals surface area contributed by atoms with Crippen LogP contribution in [-0.4, -0.2) is 17.6 Å². The quantitative estimate of drug-likeness (QED) is 0.502. The predicted molar refractivity (Wildman–Crippen MR) is 98.9 cm³/mol. The molecule has 0 spiro atoms. The molecule has 0 aliphatic rings. The monoisotopic (exact) mass is 406 g/mol. The second kappa shape index (κ2) is 8.19. The maximum absolute atomic E-state index is 13.5. The molecule has 0 saturated carbocycles. The summed E-state index contributed by atoms with van der Waals surface area (Å²) in [5.41, 5.74) is -0.421. The molecule has 0 saturated heterocycles.